The van der Waals surface area contributed by atoms with Crippen molar-refractivity contribution >= 4 is 17.3 Å². The van der Waals surface area contributed by atoms with Crippen molar-refractivity contribution in [3.8, 4) is 0 Å². The largest absolute Gasteiger partial charge is 0.385 e. The second-order valence-electron chi connectivity index (χ2n) is 4.97. The number of hydrogen-bond donors (Lipinski definition) is 1. The Morgan fingerprint density at radius 2 is 2.10 bits per heavy atom. The highest BCUT2D eigenvalue weighted by Gasteiger charge is 2.20. The Morgan fingerprint density at radius 3 is 2.67 bits per heavy atom. The predicted molar refractivity (Wildman–Crippen MR) is 82.6 cm³/mol. The molecule has 0 aliphatic carbocycles. The van der Waals surface area contributed by atoms with E-state index < -0.39 is 0 Å². The lowest BCUT2D eigenvalue weighted by Gasteiger charge is -2.18. The van der Waals surface area contributed by atoms with E-state index in [9.17, 15) is 4.79 Å². The van der Waals surface area contributed by atoms with Gasteiger partial charge >= 0.3 is 0 Å². The molecule has 0 atom stereocenters. The fourth-order valence-corrected chi connectivity index (χ4v) is 1.85. The summed E-state index contributed by atoms with van der Waals surface area (Å²) in [6.45, 7) is 3.99. The van der Waals surface area contributed by atoms with E-state index in [0.717, 1.165) is 0 Å². The number of carbonyl (C=O) groups excluding carboxylic acids is 1. The van der Waals surface area contributed by atoms with Crippen LogP contribution in [-0.2, 0) is 0 Å². The minimum absolute atomic E-state index is 0.158. The maximum Gasteiger partial charge on any atom is 0.278 e. The Morgan fingerprint density at radius 1 is 1.33 bits per heavy atom. The van der Waals surface area contributed by atoms with Gasteiger partial charge in [-0.2, -0.15) is 0 Å². The molecule has 1 amide bonds. The molecule has 0 saturated heterocycles. The van der Waals surface area contributed by atoms with Crippen LogP contribution < -0.4 is 10.2 Å². The van der Waals surface area contributed by atoms with Gasteiger partial charge in [0.2, 0.25) is 0 Å². The summed E-state index contributed by atoms with van der Waals surface area (Å²) in [5.41, 5.74) is 1.69. The van der Waals surface area contributed by atoms with E-state index in [-0.39, 0.29) is 11.8 Å². The summed E-state index contributed by atoms with van der Waals surface area (Å²) in [6, 6.07) is 3.62. The number of amides is 1. The van der Waals surface area contributed by atoms with Crippen molar-refractivity contribution in [1.82, 2.24) is 15.0 Å². The molecule has 0 radical (unpaired) electrons. The minimum atomic E-state index is -0.198. The lowest BCUT2D eigenvalue weighted by atomic mass is 10.2. The quantitative estimate of drug-likeness (QED) is 0.933. The van der Waals surface area contributed by atoms with Gasteiger partial charge < -0.3 is 10.2 Å². The summed E-state index contributed by atoms with van der Waals surface area (Å²) in [5, 5.41) is 2.96. The number of pyridine rings is 1. The summed E-state index contributed by atoms with van der Waals surface area (Å²) < 4.78 is 0. The highest BCUT2D eigenvalue weighted by molar-refractivity contribution is 6.07. The number of aromatic nitrogens is 3. The van der Waals surface area contributed by atoms with E-state index in [1.54, 1.807) is 38.8 Å². The van der Waals surface area contributed by atoms with Gasteiger partial charge in [-0.15, -0.1) is 0 Å². The molecule has 2 aromatic rings. The predicted octanol–water partition coefficient (Wildman–Crippen LogP) is 2.31. The number of nitrogens with zero attached hydrogens (tertiary/aromatic N) is 4. The van der Waals surface area contributed by atoms with Crippen LogP contribution in [0.25, 0.3) is 0 Å². The molecule has 0 unspecified atom stereocenters. The van der Waals surface area contributed by atoms with E-state index in [1.807, 2.05) is 19.9 Å². The highest BCUT2D eigenvalue weighted by Crippen LogP contribution is 2.20. The fraction of sp³-hybridized carbons (Fsp3) is 0.333. The average Bonchev–Trinajstić information content (AvgIpc) is 2.53. The van der Waals surface area contributed by atoms with E-state index in [2.05, 4.69) is 20.3 Å². The maximum atomic E-state index is 12.7. The van der Waals surface area contributed by atoms with Crippen LogP contribution in [0.1, 0.15) is 36.1 Å². The van der Waals surface area contributed by atoms with Crippen LogP contribution in [0.15, 0.2) is 30.7 Å². The molecule has 21 heavy (non-hydrogen) atoms. The van der Waals surface area contributed by atoms with Gasteiger partial charge in [0.15, 0.2) is 5.69 Å². The van der Waals surface area contributed by atoms with Gasteiger partial charge in [-0.25, -0.2) is 9.97 Å². The molecule has 0 spiro atoms. The normalized spacial score (nSPS) is 10.5. The Kier molecular flexibility index (Phi) is 4.47. The number of hydrogen-bond acceptors (Lipinski definition) is 5. The monoisotopic (exact) mass is 285 g/mol. The number of anilines is 2. The Labute approximate surface area is 124 Å². The number of carbonyl (C=O) groups is 1. The van der Waals surface area contributed by atoms with Crippen molar-refractivity contribution in [2.75, 3.05) is 24.3 Å². The molecular formula is C15H19N5O. The lowest BCUT2D eigenvalue weighted by Crippen LogP contribution is -2.28. The molecule has 0 aliphatic rings. The molecule has 110 valence electrons. The van der Waals surface area contributed by atoms with Crippen molar-refractivity contribution in [2.45, 2.75) is 19.8 Å². The molecule has 1 N–H and O–H groups in total. The van der Waals surface area contributed by atoms with E-state index in [1.165, 1.54) is 4.90 Å². The van der Waals surface area contributed by atoms with Crippen LogP contribution in [0.2, 0.25) is 0 Å². The van der Waals surface area contributed by atoms with E-state index >= 15 is 0 Å². The summed E-state index contributed by atoms with van der Waals surface area (Å²) in [7, 11) is 3.45. The van der Waals surface area contributed by atoms with Crippen LogP contribution in [-0.4, -0.2) is 35.0 Å². The summed E-state index contributed by atoms with van der Waals surface area (Å²) in [4.78, 5) is 26.9. The van der Waals surface area contributed by atoms with Crippen LogP contribution >= 0.6 is 0 Å². The molecule has 0 saturated carbocycles. The van der Waals surface area contributed by atoms with Gasteiger partial charge in [-0.3, -0.25) is 9.78 Å². The zero-order chi connectivity index (χ0) is 15.4. The zero-order valence-electron chi connectivity index (χ0n) is 12.7. The molecule has 2 aromatic heterocycles. The lowest BCUT2D eigenvalue weighted by molar-refractivity contribution is 0.0988. The molecule has 0 fully saturated rings. The molecule has 2 rings (SSSR count). The van der Waals surface area contributed by atoms with Crippen molar-refractivity contribution in [3.63, 3.8) is 0 Å². The van der Waals surface area contributed by atoms with Crippen molar-refractivity contribution < 1.29 is 4.79 Å². The van der Waals surface area contributed by atoms with Crippen LogP contribution in [0.4, 0.5) is 11.4 Å². The first-order valence-corrected chi connectivity index (χ1v) is 6.77. The van der Waals surface area contributed by atoms with Crippen molar-refractivity contribution in [2.24, 2.45) is 0 Å². The molecule has 0 bridgehead atoms. The standard InChI is InChI=1S/C15H19N5O/c1-10(2)14-18-9-12(16-3)13(19-14)15(21)20(4)11-6-5-7-17-8-11/h5-10,16H,1-4H3. The Hall–Kier alpha value is -2.50. The van der Waals surface area contributed by atoms with Gasteiger partial charge in [-0.05, 0) is 12.1 Å². The van der Waals surface area contributed by atoms with Crippen LogP contribution in [0.5, 0.6) is 0 Å². The van der Waals surface area contributed by atoms with Crippen molar-refractivity contribution in [1.29, 1.82) is 0 Å². The van der Waals surface area contributed by atoms with Crippen LogP contribution in [0, 0.1) is 0 Å². The topological polar surface area (TPSA) is 71.0 Å². The zero-order valence-corrected chi connectivity index (χ0v) is 12.7. The second-order valence-corrected chi connectivity index (χ2v) is 4.97. The molecule has 6 nitrogen and oxygen atoms in total. The number of rotatable bonds is 4. The molecule has 0 aromatic carbocycles. The number of nitrogens with one attached hydrogen (secondary N) is 1. The molecular weight excluding hydrogens is 266 g/mol. The third-order valence-electron chi connectivity index (χ3n) is 3.13. The van der Waals surface area contributed by atoms with Gasteiger partial charge in [-0.1, -0.05) is 13.8 Å². The first-order chi connectivity index (χ1) is 10.0. The third-order valence-corrected chi connectivity index (χ3v) is 3.13. The Bertz CT molecular complexity index is 627. The Balaban J connectivity index is 2.40. The SMILES string of the molecule is CNc1cnc(C(C)C)nc1C(=O)N(C)c1cccnc1. The second kappa shape index (κ2) is 6.30. The molecule has 0 aliphatic heterocycles. The molecule has 2 heterocycles. The fourth-order valence-electron chi connectivity index (χ4n) is 1.85. The van der Waals surface area contributed by atoms with Crippen LogP contribution in [0.3, 0.4) is 0 Å². The maximum absolute atomic E-state index is 12.7. The van der Waals surface area contributed by atoms with Crippen molar-refractivity contribution in [3.05, 3.63) is 42.2 Å². The summed E-state index contributed by atoms with van der Waals surface area (Å²) in [6.07, 6.45) is 4.95. The highest BCUT2D eigenvalue weighted by atomic mass is 16.2. The summed E-state index contributed by atoms with van der Waals surface area (Å²) >= 11 is 0. The van der Waals surface area contributed by atoms with Gasteiger partial charge in [0.05, 0.1) is 23.8 Å². The first-order valence-electron chi connectivity index (χ1n) is 6.77. The smallest absolute Gasteiger partial charge is 0.278 e. The van der Waals surface area contributed by atoms with Gasteiger partial charge in [0.25, 0.3) is 5.91 Å². The van der Waals surface area contributed by atoms with Gasteiger partial charge in [0, 0.05) is 26.2 Å². The average molecular weight is 285 g/mol. The van der Waals surface area contributed by atoms with E-state index in [4.69, 9.17) is 0 Å². The summed E-state index contributed by atoms with van der Waals surface area (Å²) in [5.74, 6) is 0.611. The first kappa shape index (κ1) is 14.9. The van der Waals surface area contributed by atoms with Gasteiger partial charge in [0.1, 0.15) is 5.82 Å². The third kappa shape index (κ3) is 3.16. The van der Waals surface area contributed by atoms with E-state index in [0.29, 0.717) is 22.9 Å². The minimum Gasteiger partial charge on any atom is -0.385 e. The molecule has 6 heteroatoms.